The highest BCUT2D eigenvalue weighted by Gasteiger charge is 2.15. The second kappa shape index (κ2) is 7.40. The maximum absolute atomic E-state index is 12.5. The Morgan fingerprint density at radius 3 is 2.73 bits per heavy atom. The monoisotopic (exact) mass is 301 g/mol. The minimum atomic E-state index is -0.847. The molecule has 0 aliphatic rings. The first-order chi connectivity index (χ1) is 10.6. The lowest BCUT2D eigenvalue weighted by atomic mass is 10.1. The third-order valence-electron chi connectivity index (χ3n) is 3.37. The van der Waals surface area contributed by atoms with E-state index in [1.165, 1.54) is 0 Å². The van der Waals surface area contributed by atoms with Gasteiger partial charge in [-0.25, -0.2) is 0 Å². The molecule has 2 rings (SSSR count). The highest BCUT2D eigenvalue weighted by atomic mass is 16.4. The molecule has 1 aromatic carbocycles. The van der Waals surface area contributed by atoms with Gasteiger partial charge in [0.25, 0.3) is 5.91 Å². The molecule has 0 bridgehead atoms. The standard InChI is InChI=1S/C16H19N3O3/c1-18(10-4-8-15(20)21)16(22)14-7-3-2-6-13(14)12-19-11-5-9-17-19/h2-3,5-7,9,11H,4,8,10,12H2,1H3,(H,20,21). The van der Waals surface area contributed by atoms with Crippen molar-refractivity contribution in [3.63, 3.8) is 0 Å². The van der Waals surface area contributed by atoms with Crippen molar-refractivity contribution in [2.45, 2.75) is 19.4 Å². The van der Waals surface area contributed by atoms with Crippen molar-refractivity contribution in [1.82, 2.24) is 14.7 Å². The first-order valence-electron chi connectivity index (χ1n) is 7.10. The number of hydrogen-bond acceptors (Lipinski definition) is 3. The summed E-state index contributed by atoms with van der Waals surface area (Å²) >= 11 is 0. The van der Waals surface area contributed by atoms with E-state index in [1.54, 1.807) is 28.9 Å². The first kappa shape index (κ1) is 15.8. The molecule has 0 saturated carbocycles. The zero-order valence-electron chi connectivity index (χ0n) is 12.5. The molecule has 0 aliphatic carbocycles. The van der Waals surface area contributed by atoms with Crippen LogP contribution in [0.1, 0.15) is 28.8 Å². The van der Waals surface area contributed by atoms with Gasteiger partial charge in [-0.1, -0.05) is 18.2 Å². The Hall–Kier alpha value is -2.63. The highest BCUT2D eigenvalue weighted by molar-refractivity contribution is 5.95. The number of nitrogens with zero attached hydrogens (tertiary/aromatic N) is 3. The summed E-state index contributed by atoms with van der Waals surface area (Å²) in [5, 5.41) is 12.8. The van der Waals surface area contributed by atoms with E-state index in [-0.39, 0.29) is 12.3 Å². The number of benzene rings is 1. The minimum Gasteiger partial charge on any atom is -0.481 e. The zero-order chi connectivity index (χ0) is 15.9. The quantitative estimate of drug-likeness (QED) is 0.847. The van der Waals surface area contributed by atoms with Gasteiger partial charge in [0.1, 0.15) is 0 Å². The second-order valence-corrected chi connectivity index (χ2v) is 5.08. The third-order valence-corrected chi connectivity index (χ3v) is 3.37. The Bertz CT molecular complexity index is 638. The van der Waals surface area contributed by atoms with E-state index in [0.29, 0.717) is 25.1 Å². The Labute approximate surface area is 129 Å². The topological polar surface area (TPSA) is 75.4 Å². The van der Waals surface area contributed by atoms with Gasteiger partial charge in [0, 0.05) is 38.0 Å². The molecule has 2 aromatic rings. The highest BCUT2D eigenvalue weighted by Crippen LogP contribution is 2.13. The van der Waals surface area contributed by atoms with Crippen LogP contribution in [-0.4, -0.2) is 45.3 Å². The van der Waals surface area contributed by atoms with Crippen molar-refractivity contribution in [1.29, 1.82) is 0 Å². The van der Waals surface area contributed by atoms with Gasteiger partial charge in [-0.3, -0.25) is 14.3 Å². The summed E-state index contributed by atoms with van der Waals surface area (Å²) in [4.78, 5) is 24.6. The van der Waals surface area contributed by atoms with Crippen molar-refractivity contribution < 1.29 is 14.7 Å². The predicted molar refractivity (Wildman–Crippen MR) is 81.6 cm³/mol. The molecule has 116 valence electrons. The number of aliphatic carboxylic acids is 1. The lowest BCUT2D eigenvalue weighted by molar-refractivity contribution is -0.137. The molecule has 6 heteroatoms. The first-order valence-corrected chi connectivity index (χ1v) is 7.10. The summed E-state index contributed by atoms with van der Waals surface area (Å²) in [7, 11) is 1.69. The van der Waals surface area contributed by atoms with Crippen molar-refractivity contribution in [2.75, 3.05) is 13.6 Å². The van der Waals surface area contributed by atoms with Crippen LogP contribution < -0.4 is 0 Å². The summed E-state index contributed by atoms with van der Waals surface area (Å²) in [5.74, 6) is -0.951. The van der Waals surface area contributed by atoms with Gasteiger partial charge in [0.15, 0.2) is 0 Å². The molecule has 1 amide bonds. The van der Waals surface area contributed by atoms with Gasteiger partial charge >= 0.3 is 5.97 Å². The number of carboxylic acid groups (broad SMARTS) is 1. The van der Waals surface area contributed by atoms with Crippen LogP contribution in [0.3, 0.4) is 0 Å². The van der Waals surface area contributed by atoms with Crippen LogP contribution in [0.5, 0.6) is 0 Å². The van der Waals surface area contributed by atoms with E-state index >= 15 is 0 Å². The molecule has 0 unspecified atom stereocenters. The normalized spacial score (nSPS) is 10.4. The molecule has 0 radical (unpaired) electrons. The number of carbonyl (C=O) groups is 2. The Morgan fingerprint density at radius 2 is 2.05 bits per heavy atom. The zero-order valence-corrected chi connectivity index (χ0v) is 12.5. The number of carbonyl (C=O) groups excluding carboxylic acids is 1. The summed E-state index contributed by atoms with van der Waals surface area (Å²) in [6.45, 7) is 0.944. The molecule has 0 atom stereocenters. The van der Waals surface area contributed by atoms with Gasteiger partial charge in [-0.05, 0) is 24.1 Å². The number of carboxylic acids is 1. The van der Waals surface area contributed by atoms with Crippen LogP contribution in [0.4, 0.5) is 0 Å². The summed E-state index contributed by atoms with van der Waals surface area (Å²) < 4.78 is 1.76. The molecule has 0 aliphatic heterocycles. The number of amides is 1. The molecular weight excluding hydrogens is 282 g/mol. The van der Waals surface area contributed by atoms with E-state index in [9.17, 15) is 9.59 Å². The van der Waals surface area contributed by atoms with Crippen LogP contribution >= 0.6 is 0 Å². The van der Waals surface area contributed by atoms with Gasteiger partial charge < -0.3 is 10.0 Å². The van der Waals surface area contributed by atoms with Crippen molar-refractivity contribution in [2.24, 2.45) is 0 Å². The average Bonchev–Trinajstić information content (AvgIpc) is 2.99. The minimum absolute atomic E-state index is 0.0621. The predicted octanol–water partition coefficient (Wildman–Crippen LogP) is 1.87. The smallest absolute Gasteiger partial charge is 0.303 e. The number of hydrogen-bond donors (Lipinski definition) is 1. The number of aromatic nitrogens is 2. The lowest BCUT2D eigenvalue weighted by Crippen LogP contribution is -2.29. The van der Waals surface area contributed by atoms with Crippen LogP contribution in [0, 0.1) is 0 Å². The molecule has 22 heavy (non-hydrogen) atoms. The van der Waals surface area contributed by atoms with Gasteiger partial charge in [-0.15, -0.1) is 0 Å². The van der Waals surface area contributed by atoms with Crippen molar-refractivity contribution in [3.05, 3.63) is 53.9 Å². The fourth-order valence-corrected chi connectivity index (χ4v) is 2.21. The largest absolute Gasteiger partial charge is 0.481 e. The fraction of sp³-hybridized carbons (Fsp3) is 0.312. The molecule has 1 N–H and O–H groups in total. The van der Waals surface area contributed by atoms with E-state index in [2.05, 4.69) is 5.10 Å². The van der Waals surface area contributed by atoms with Crippen LogP contribution in [-0.2, 0) is 11.3 Å². The summed E-state index contributed by atoms with van der Waals surface area (Å²) in [5.41, 5.74) is 1.51. The molecule has 1 aromatic heterocycles. The molecule has 1 heterocycles. The second-order valence-electron chi connectivity index (χ2n) is 5.08. The summed E-state index contributed by atoms with van der Waals surface area (Å²) in [6.07, 6.45) is 4.05. The van der Waals surface area contributed by atoms with Gasteiger partial charge in [0.05, 0.1) is 6.54 Å². The molecule has 0 saturated heterocycles. The molecule has 0 spiro atoms. The maximum atomic E-state index is 12.5. The van der Waals surface area contributed by atoms with Crippen LogP contribution in [0.25, 0.3) is 0 Å². The Kier molecular flexibility index (Phi) is 5.30. The Morgan fingerprint density at radius 1 is 1.27 bits per heavy atom. The van der Waals surface area contributed by atoms with Crippen LogP contribution in [0.15, 0.2) is 42.7 Å². The van der Waals surface area contributed by atoms with Crippen molar-refractivity contribution >= 4 is 11.9 Å². The fourth-order valence-electron chi connectivity index (χ4n) is 2.21. The Balaban J connectivity index is 2.07. The lowest BCUT2D eigenvalue weighted by Gasteiger charge is -2.18. The van der Waals surface area contributed by atoms with E-state index in [1.807, 2.05) is 30.5 Å². The average molecular weight is 301 g/mol. The molecule has 6 nitrogen and oxygen atoms in total. The van der Waals surface area contributed by atoms with Crippen LogP contribution in [0.2, 0.25) is 0 Å². The molecule has 0 fully saturated rings. The van der Waals surface area contributed by atoms with E-state index < -0.39 is 5.97 Å². The van der Waals surface area contributed by atoms with Gasteiger partial charge in [-0.2, -0.15) is 5.10 Å². The summed E-state index contributed by atoms with van der Waals surface area (Å²) in [6, 6.07) is 9.24. The molecular formula is C16H19N3O3. The van der Waals surface area contributed by atoms with Gasteiger partial charge in [0.2, 0.25) is 0 Å². The van der Waals surface area contributed by atoms with Crippen molar-refractivity contribution in [3.8, 4) is 0 Å². The number of rotatable bonds is 7. The third kappa shape index (κ3) is 4.18. The van der Waals surface area contributed by atoms with E-state index in [4.69, 9.17) is 5.11 Å². The SMILES string of the molecule is CN(CCCC(=O)O)C(=O)c1ccccc1Cn1cccn1. The van der Waals surface area contributed by atoms with E-state index in [0.717, 1.165) is 5.56 Å². The maximum Gasteiger partial charge on any atom is 0.303 e.